The van der Waals surface area contributed by atoms with Gasteiger partial charge in [-0.1, -0.05) is 35.9 Å². The van der Waals surface area contributed by atoms with Crippen LogP contribution in [-0.2, 0) is 22.4 Å². The van der Waals surface area contributed by atoms with Gasteiger partial charge in [0.2, 0.25) is 11.8 Å². The summed E-state index contributed by atoms with van der Waals surface area (Å²) in [5.41, 5.74) is 6.35. The van der Waals surface area contributed by atoms with Gasteiger partial charge in [0.1, 0.15) is 5.82 Å². The van der Waals surface area contributed by atoms with Crippen molar-refractivity contribution in [2.45, 2.75) is 19.3 Å². The lowest BCUT2D eigenvalue weighted by Crippen LogP contribution is -2.42. The van der Waals surface area contributed by atoms with E-state index in [1.165, 1.54) is 24.3 Å². The summed E-state index contributed by atoms with van der Waals surface area (Å²) in [6.07, 6.45) is 0.868. The van der Waals surface area contributed by atoms with Crippen LogP contribution in [0.15, 0.2) is 48.5 Å². The minimum Gasteiger partial charge on any atom is -0.273 e. The van der Waals surface area contributed by atoms with Gasteiger partial charge in [0.25, 0.3) is 0 Å². The van der Waals surface area contributed by atoms with Gasteiger partial charge in [-0.15, -0.1) is 0 Å². The number of hydrazine groups is 1. The molecule has 2 amide bonds. The molecule has 0 aliphatic rings. The minimum absolute atomic E-state index is 0.0672. The van der Waals surface area contributed by atoms with Crippen molar-refractivity contribution >= 4 is 23.4 Å². The number of benzene rings is 2. The molecule has 2 aromatic carbocycles. The third-order valence-corrected chi connectivity index (χ3v) is 3.43. The van der Waals surface area contributed by atoms with E-state index in [1.807, 2.05) is 12.1 Å². The number of rotatable bonds is 5. The Morgan fingerprint density at radius 3 is 2.09 bits per heavy atom. The van der Waals surface area contributed by atoms with Crippen molar-refractivity contribution < 1.29 is 14.0 Å². The number of aryl methyl sites for hydroxylation is 1. The van der Waals surface area contributed by atoms with Crippen molar-refractivity contribution in [2.75, 3.05) is 0 Å². The summed E-state index contributed by atoms with van der Waals surface area (Å²) in [7, 11) is 0. The molecule has 2 rings (SSSR count). The van der Waals surface area contributed by atoms with Gasteiger partial charge in [-0.05, 0) is 41.8 Å². The predicted octanol–water partition coefficient (Wildman–Crippen LogP) is 2.80. The monoisotopic (exact) mass is 334 g/mol. The van der Waals surface area contributed by atoms with Crippen LogP contribution in [0.4, 0.5) is 4.39 Å². The van der Waals surface area contributed by atoms with E-state index in [0.717, 1.165) is 5.56 Å². The van der Waals surface area contributed by atoms with Crippen LogP contribution in [0.1, 0.15) is 17.5 Å². The van der Waals surface area contributed by atoms with E-state index in [2.05, 4.69) is 10.9 Å². The lowest BCUT2D eigenvalue weighted by Gasteiger charge is -2.07. The molecule has 0 saturated heterocycles. The average Bonchev–Trinajstić information content (AvgIpc) is 2.54. The van der Waals surface area contributed by atoms with E-state index >= 15 is 0 Å². The highest BCUT2D eigenvalue weighted by atomic mass is 35.5. The van der Waals surface area contributed by atoms with Crippen LogP contribution in [0, 0.1) is 5.82 Å². The van der Waals surface area contributed by atoms with E-state index in [1.54, 1.807) is 12.1 Å². The number of hydrogen-bond donors (Lipinski definition) is 2. The molecule has 2 aromatic rings. The molecule has 0 spiro atoms. The molecular formula is C17H16ClFN2O2. The van der Waals surface area contributed by atoms with Crippen molar-refractivity contribution in [3.8, 4) is 0 Å². The maximum absolute atomic E-state index is 12.8. The highest BCUT2D eigenvalue weighted by Crippen LogP contribution is 2.10. The fourth-order valence-electron chi connectivity index (χ4n) is 1.94. The Morgan fingerprint density at radius 2 is 1.43 bits per heavy atom. The molecule has 0 radical (unpaired) electrons. The molecule has 0 saturated carbocycles. The largest absolute Gasteiger partial charge is 0.273 e. The number of amides is 2. The molecule has 0 aliphatic carbocycles. The summed E-state index contributed by atoms with van der Waals surface area (Å²) in [5.74, 6) is -1.01. The van der Waals surface area contributed by atoms with E-state index in [4.69, 9.17) is 11.6 Å². The van der Waals surface area contributed by atoms with Gasteiger partial charge in [0.15, 0.2) is 0 Å². The summed E-state index contributed by atoms with van der Waals surface area (Å²) in [5, 5.41) is 0.645. The van der Waals surface area contributed by atoms with Crippen LogP contribution < -0.4 is 10.9 Å². The van der Waals surface area contributed by atoms with Gasteiger partial charge in [-0.2, -0.15) is 0 Å². The number of carbonyl (C=O) groups excluding carboxylic acids is 2. The second kappa shape index (κ2) is 8.29. The summed E-state index contributed by atoms with van der Waals surface area (Å²) >= 11 is 5.79. The van der Waals surface area contributed by atoms with E-state index < -0.39 is 0 Å². The smallest absolute Gasteiger partial charge is 0.242 e. The zero-order chi connectivity index (χ0) is 16.7. The highest BCUT2D eigenvalue weighted by Gasteiger charge is 2.06. The summed E-state index contributed by atoms with van der Waals surface area (Å²) in [6.45, 7) is 0. The molecule has 0 aromatic heterocycles. The van der Waals surface area contributed by atoms with Gasteiger partial charge in [-0.3, -0.25) is 20.4 Å². The Morgan fingerprint density at radius 1 is 0.870 bits per heavy atom. The summed E-state index contributed by atoms with van der Waals surface area (Å²) in [4.78, 5) is 23.4. The van der Waals surface area contributed by atoms with Crippen LogP contribution in [0.25, 0.3) is 0 Å². The van der Waals surface area contributed by atoms with Crippen LogP contribution in [-0.4, -0.2) is 11.8 Å². The third-order valence-electron chi connectivity index (χ3n) is 3.17. The van der Waals surface area contributed by atoms with Crippen LogP contribution >= 0.6 is 11.6 Å². The maximum atomic E-state index is 12.8. The van der Waals surface area contributed by atoms with Gasteiger partial charge in [0.05, 0.1) is 6.42 Å². The van der Waals surface area contributed by atoms with Crippen molar-refractivity contribution in [2.24, 2.45) is 0 Å². The molecule has 0 atom stereocenters. The molecule has 0 aliphatic heterocycles. The molecule has 120 valence electrons. The normalized spacial score (nSPS) is 10.2. The molecule has 0 fully saturated rings. The van der Waals surface area contributed by atoms with E-state index in [9.17, 15) is 14.0 Å². The first-order valence-electron chi connectivity index (χ1n) is 7.09. The van der Waals surface area contributed by atoms with Gasteiger partial charge >= 0.3 is 0 Å². The Bertz CT molecular complexity index is 672. The second-order valence-corrected chi connectivity index (χ2v) is 5.46. The molecular weight excluding hydrogens is 319 g/mol. The topological polar surface area (TPSA) is 58.2 Å². The first kappa shape index (κ1) is 17.0. The molecule has 23 heavy (non-hydrogen) atoms. The quantitative estimate of drug-likeness (QED) is 0.826. The number of nitrogens with one attached hydrogen (secondary N) is 2. The third kappa shape index (κ3) is 6.08. The molecule has 0 unspecified atom stereocenters. The van der Waals surface area contributed by atoms with Crippen molar-refractivity contribution in [1.82, 2.24) is 10.9 Å². The SMILES string of the molecule is O=C(CCc1ccc(Cl)cc1)NNC(=O)Cc1ccc(F)cc1. The number of carbonyl (C=O) groups is 2. The van der Waals surface area contributed by atoms with Crippen LogP contribution in [0.2, 0.25) is 5.02 Å². The minimum atomic E-state index is -0.364. The fraction of sp³-hybridized carbons (Fsp3) is 0.176. The molecule has 6 heteroatoms. The predicted molar refractivity (Wildman–Crippen MR) is 86.2 cm³/mol. The standard InChI is InChI=1S/C17H16ClFN2O2/c18-14-6-1-12(2-7-14)5-10-16(22)20-21-17(23)11-13-3-8-15(19)9-4-13/h1-4,6-9H,5,10-11H2,(H,20,22)(H,21,23). The van der Waals surface area contributed by atoms with E-state index in [0.29, 0.717) is 17.0 Å². The Labute approximate surface area is 138 Å². The Hall–Kier alpha value is -2.40. The molecule has 0 heterocycles. The first-order chi connectivity index (χ1) is 11.0. The second-order valence-electron chi connectivity index (χ2n) is 5.03. The van der Waals surface area contributed by atoms with Crippen LogP contribution in [0.3, 0.4) is 0 Å². The molecule has 4 nitrogen and oxygen atoms in total. The van der Waals surface area contributed by atoms with E-state index in [-0.39, 0.29) is 30.5 Å². The zero-order valence-electron chi connectivity index (χ0n) is 12.3. The van der Waals surface area contributed by atoms with Gasteiger partial charge < -0.3 is 0 Å². The first-order valence-corrected chi connectivity index (χ1v) is 7.47. The number of halogens is 2. The van der Waals surface area contributed by atoms with Gasteiger partial charge in [0, 0.05) is 11.4 Å². The molecule has 0 bridgehead atoms. The maximum Gasteiger partial charge on any atom is 0.242 e. The summed E-state index contributed by atoms with van der Waals surface area (Å²) < 4.78 is 12.8. The van der Waals surface area contributed by atoms with Crippen molar-refractivity contribution in [3.05, 3.63) is 70.5 Å². The lowest BCUT2D eigenvalue weighted by atomic mass is 10.1. The van der Waals surface area contributed by atoms with Gasteiger partial charge in [-0.25, -0.2) is 4.39 Å². The Balaban J connectivity index is 1.70. The highest BCUT2D eigenvalue weighted by molar-refractivity contribution is 6.30. The summed E-state index contributed by atoms with van der Waals surface area (Å²) in [6, 6.07) is 12.8. The molecule has 2 N–H and O–H groups in total. The van der Waals surface area contributed by atoms with Crippen LogP contribution in [0.5, 0.6) is 0 Å². The average molecular weight is 335 g/mol. The lowest BCUT2D eigenvalue weighted by molar-refractivity contribution is -0.128. The fourth-order valence-corrected chi connectivity index (χ4v) is 2.07. The van der Waals surface area contributed by atoms with Crippen molar-refractivity contribution in [3.63, 3.8) is 0 Å². The Kier molecular flexibility index (Phi) is 6.11. The number of hydrogen-bond acceptors (Lipinski definition) is 2. The zero-order valence-corrected chi connectivity index (χ0v) is 13.1. The van der Waals surface area contributed by atoms with Crippen molar-refractivity contribution in [1.29, 1.82) is 0 Å².